The highest BCUT2D eigenvalue weighted by molar-refractivity contribution is 6.05. The zero-order valence-corrected chi connectivity index (χ0v) is 25.7. The smallest absolute Gasteiger partial charge is 0.275 e. The van der Waals surface area contributed by atoms with Gasteiger partial charge >= 0.3 is 0 Å². The van der Waals surface area contributed by atoms with E-state index in [0.29, 0.717) is 30.4 Å². The van der Waals surface area contributed by atoms with E-state index in [1.165, 1.54) is 11.8 Å². The monoisotopic (exact) mass is 580 g/mol. The SMILES string of the molecule is C=CC(=O)N1CCN(c2cc3cnc(Nc4ccc(N5CCN(C)CC5)cc4)nc3n(C)c2=O)c2cccc(C)c21.CC. The molecule has 2 aliphatic rings. The molecule has 2 aromatic heterocycles. The first-order valence-electron chi connectivity index (χ1n) is 14.8. The number of nitrogens with one attached hydrogen (secondary N) is 1. The number of carbonyl (C=O) groups is 1. The van der Waals surface area contributed by atoms with Gasteiger partial charge < -0.3 is 24.9 Å². The Morgan fingerprint density at radius 3 is 2.37 bits per heavy atom. The summed E-state index contributed by atoms with van der Waals surface area (Å²) in [6.45, 7) is 14.7. The molecule has 1 N–H and O–H groups in total. The summed E-state index contributed by atoms with van der Waals surface area (Å²) in [5.41, 5.74) is 5.51. The lowest BCUT2D eigenvalue weighted by Gasteiger charge is -2.38. The van der Waals surface area contributed by atoms with Crippen LogP contribution in [0, 0.1) is 6.92 Å². The molecule has 4 heterocycles. The Kier molecular flexibility index (Phi) is 8.77. The van der Waals surface area contributed by atoms with Crippen LogP contribution in [0.25, 0.3) is 11.0 Å². The van der Waals surface area contributed by atoms with Gasteiger partial charge in [0.25, 0.3) is 11.5 Å². The second-order valence-electron chi connectivity index (χ2n) is 10.6. The van der Waals surface area contributed by atoms with Crippen molar-refractivity contribution in [1.29, 1.82) is 0 Å². The normalized spacial score (nSPS) is 15.0. The molecule has 1 fully saturated rings. The summed E-state index contributed by atoms with van der Waals surface area (Å²) in [6.07, 6.45) is 3.06. The number of hydrogen-bond donors (Lipinski definition) is 1. The number of amides is 1. The minimum Gasteiger partial charge on any atom is -0.369 e. The molecule has 1 amide bonds. The summed E-state index contributed by atoms with van der Waals surface area (Å²) in [5, 5.41) is 4.02. The third-order valence-electron chi connectivity index (χ3n) is 7.98. The molecule has 0 unspecified atom stereocenters. The molecular weight excluding hydrogens is 540 g/mol. The average molecular weight is 581 g/mol. The predicted octanol–water partition coefficient (Wildman–Crippen LogP) is 4.83. The maximum atomic E-state index is 13.7. The molecule has 43 heavy (non-hydrogen) atoms. The molecule has 0 radical (unpaired) electrons. The van der Waals surface area contributed by atoms with Crippen molar-refractivity contribution in [2.75, 3.05) is 66.3 Å². The second kappa shape index (κ2) is 12.7. The van der Waals surface area contributed by atoms with E-state index in [1.54, 1.807) is 22.7 Å². The van der Waals surface area contributed by atoms with Crippen LogP contribution in [0.3, 0.4) is 0 Å². The quantitative estimate of drug-likeness (QED) is 0.336. The number of aryl methyl sites for hydroxylation is 2. The number of hydrogen-bond acceptors (Lipinski definition) is 8. The molecule has 1 saturated heterocycles. The van der Waals surface area contributed by atoms with Crippen LogP contribution >= 0.6 is 0 Å². The molecule has 10 heteroatoms. The van der Waals surface area contributed by atoms with E-state index in [2.05, 4.69) is 50.8 Å². The van der Waals surface area contributed by atoms with Crippen molar-refractivity contribution in [2.24, 2.45) is 7.05 Å². The van der Waals surface area contributed by atoms with Gasteiger partial charge in [0.15, 0.2) is 0 Å². The summed E-state index contributed by atoms with van der Waals surface area (Å²) in [4.78, 5) is 43.9. The fourth-order valence-corrected chi connectivity index (χ4v) is 5.66. The van der Waals surface area contributed by atoms with Crippen LogP contribution in [-0.4, -0.2) is 71.7 Å². The Balaban J connectivity index is 0.00000180. The maximum Gasteiger partial charge on any atom is 0.275 e. The third kappa shape index (κ3) is 5.83. The van der Waals surface area contributed by atoms with E-state index in [9.17, 15) is 9.59 Å². The molecule has 0 saturated carbocycles. The van der Waals surface area contributed by atoms with Gasteiger partial charge in [0, 0.05) is 69.3 Å². The second-order valence-corrected chi connectivity index (χ2v) is 10.6. The van der Waals surface area contributed by atoms with Gasteiger partial charge in [-0.05, 0) is 62.0 Å². The van der Waals surface area contributed by atoms with E-state index in [1.807, 2.05) is 62.1 Å². The molecular formula is C33H40N8O2. The summed E-state index contributed by atoms with van der Waals surface area (Å²) in [7, 11) is 3.88. The number of aromatic nitrogens is 3. The lowest BCUT2D eigenvalue weighted by Crippen LogP contribution is -2.44. The van der Waals surface area contributed by atoms with Crippen LogP contribution < -0.4 is 25.6 Å². The minimum absolute atomic E-state index is 0.158. The van der Waals surface area contributed by atoms with Crippen molar-refractivity contribution in [1.82, 2.24) is 19.4 Å². The van der Waals surface area contributed by atoms with E-state index in [4.69, 9.17) is 0 Å². The van der Waals surface area contributed by atoms with Gasteiger partial charge in [-0.2, -0.15) is 4.98 Å². The topological polar surface area (TPSA) is 89.8 Å². The van der Waals surface area contributed by atoms with Crippen molar-refractivity contribution < 1.29 is 4.79 Å². The van der Waals surface area contributed by atoms with Crippen LogP contribution in [0.1, 0.15) is 19.4 Å². The number of rotatable bonds is 5. The van der Waals surface area contributed by atoms with E-state index >= 15 is 0 Å². The molecule has 10 nitrogen and oxygen atoms in total. The average Bonchev–Trinajstić information content (AvgIpc) is 3.04. The molecule has 2 aromatic carbocycles. The van der Waals surface area contributed by atoms with Crippen molar-refractivity contribution in [3.8, 4) is 0 Å². The molecule has 6 rings (SSSR count). The van der Waals surface area contributed by atoms with Crippen molar-refractivity contribution >= 4 is 51.3 Å². The van der Waals surface area contributed by atoms with Crippen molar-refractivity contribution in [3.63, 3.8) is 0 Å². The molecule has 224 valence electrons. The number of anilines is 6. The molecule has 0 atom stereocenters. The number of piperazine rings is 1. The third-order valence-corrected chi connectivity index (χ3v) is 7.98. The zero-order valence-electron chi connectivity index (χ0n) is 25.7. The molecule has 2 aliphatic heterocycles. The number of benzene rings is 2. The molecule has 0 bridgehead atoms. The van der Waals surface area contributed by atoms with E-state index in [0.717, 1.165) is 54.2 Å². The van der Waals surface area contributed by atoms with Gasteiger partial charge in [0.1, 0.15) is 11.3 Å². The highest BCUT2D eigenvalue weighted by atomic mass is 16.2. The highest BCUT2D eigenvalue weighted by Gasteiger charge is 2.29. The van der Waals surface area contributed by atoms with Gasteiger partial charge in [-0.1, -0.05) is 32.6 Å². The number of likely N-dealkylation sites (N-methyl/N-ethyl adjacent to an activating group) is 1. The fourth-order valence-electron chi connectivity index (χ4n) is 5.66. The Labute approximate surface area is 252 Å². The number of para-hydroxylation sites is 1. The number of pyridine rings is 1. The van der Waals surface area contributed by atoms with Crippen LogP contribution in [-0.2, 0) is 11.8 Å². The van der Waals surface area contributed by atoms with Gasteiger partial charge in [-0.25, -0.2) is 4.98 Å². The Morgan fingerprint density at radius 2 is 1.67 bits per heavy atom. The Morgan fingerprint density at radius 1 is 0.953 bits per heavy atom. The molecule has 0 aliphatic carbocycles. The maximum absolute atomic E-state index is 13.7. The zero-order chi connectivity index (χ0) is 30.7. The standard InChI is InChI=1S/C31H34N8O2.C2H6/c1-5-27(40)39-18-17-38(25-8-6-7-21(2)28(25)39)26-19-22-20-32-31(34-29(22)36(4)30(26)41)33-23-9-11-24(12-10-23)37-15-13-35(3)14-16-37;1-2/h5-12,19-20H,1,13-18H2,2-4H3,(H,32,33,34);1-2H3. The van der Waals surface area contributed by atoms with Crippen molar-refractivity contribution in [3.05, 3.63) is 83.3 Å². The van der Waals surface area contributed by atoms with E-state index in [-0.39, 0.29) is 11.5 Å². The van der Waals surface area contributed by atoms with Crippen molar-refractivity contribution in [2.45, 2.75) is 20.8 Å². The van der Waals surface area contributed by atoms with Gasteiger partial charge in [0.05, 0.1) is 11.4 Å². The van der Waals surface area contributed by atoms with Crippen LogP contribution in [0.4, 0.5) is 34.4 Å². The molecule has 4 aromatic rings. The first-order valence-corrected chi connectivity index (χ1v) is 14.8. The fraction of sp³-hybridized carbons (Fsp3) is 0.333. The first-order chi connectivity index (χ1) is 20.8. The van der Waals surface area contributed by atoms with Gasteiger partial charge in [0.2, 0.25) is 5.95 Å². The predicted molar refractivity (Wildman–Crippen MR) is 176 cm³/mol. The van der Waals surface area contributed by atoms with Crippen LogP contribution in [0.15, 0.2) is 72.2 Å². The molecule has 0 spiro atoms. The summed E-state index contributed by atoms with van der Waals surface area (Å²) in [5.74, 6) is 0.263. The first kappa shape index (κ1) is 29.8. The minimum atomic E-state index is -0.172. The van der Waals surface area contributed by atoms with Gasteiger partial charge in [-0.3, -0.25) is 14.2 Å². The van der Waals surface area contributed by atoms with Crippen LogP contribution in [0.5, 0.6) is 0 Å². The Hall–Kier alpha value is -4.70. The summed E-state index contributed by atoms with van der Waals surface area (Å²) < 4.78 is 1.56. The Bertz CT molecular complexity index is 1690. The largest absolute Gasteiger partial charge is 0.369 e. The number of nitrogens with zero attached hydrogens (tertiary/aromatic N) is 7. The number of carbonyl (C=O) groups excluding carboxylic acids is 1. The number of fused-ring (bicyclic) bond motifs is 2. The highest BCUT2D eigenvalue weighted by Crippen LogP contribution is 2.39. The van der Waals surface area contributed by atoms with E-state index < -0.39 is 0 Å². The summed E-state index contributed by atoms with van der Waals surface area (Å²) >= 11 is 0. The lowest BCUT2D eigenvalue weighted by molar-refractivity contribution is -0.114. The van der Waals surface area contributed by atoms with Gasteiger partial charge in [-0.15, -0.1) is 0 Å². The summed E-state index contributed by atoms with van der Waals surface area (Å²) in [6, 6.07) is 16.0. The van der Waals surface area contributed by atoms with Crippen LogP contribution in [0.2, 0.25) is 0 Å². The lowest BCUT2D eigenvalue weighted by atomic mass is 10.1.